The summed E-state index contributed by atoms with van der Waals surface area (Å²) in [5.74, 6) is -1.16. The number of unbranched alkanes of at least 4 members (excludes halogenated alkanes) is 1. The largest absolute Gasteiger partial charge is 0.497 e. The van der Waals surface area contributed by atoms with Crippen molar-refractivity contribution < 1.29 is 23.8 Å². The summed E-state index contributed by atoms with van der Waals surface area (Å²) >= 11 is 6.06. The third-order valence-corrected chi connectivity index (χ3v) is 4.35. The molecule has 0 bridgehead atoms. The molecule has 1 unspecified atom stereocenters. The van der Waals surface area contributed by atoms with Gasteiger partial charge in [0.25, 0.3) is 0 Å². The Hall–Kier alpha value is -2.13. The molecule has 0 aliphatic heterocycles. The number of rotatable bonds is 13. The number of nitrogens with one attached hydrogen (secondary N) is 1. The standard InChI is InChI=1S/C22H34ClN3O5/c1-22(2,3)31-21(28)19(25)26-18(11-6-7-12-24)20(27)30-14-8-13-29-15-16-9-4-5-10-17(16)23/h4-5,8-10,13,18-19,26H,6-7,11-12,14-15,24-25H2,1-3H3/t18-,19?/m0/s1. The maximum absolute atomic E-state index is 12.5. The molecule has 8 nitrogen and oxygen atoms in total. The summed E-state index contributed by atoms with van der Waals surface area (Å²) in [5.41, 5.74) is 11.6. The number of carbonyl (C=O) groups is 2. The van der Waals surface area contributed by atoms with Gasteiger partial charge in [-0.1, -0.05) is 36.2 Å². The predicted molar refractivity (Wildman–Crippen MR) is 120 cm³/mol. The van der Waals surface area contributed by atoms with Crippen molar-refractivity contribution >= 4 is 23.5 Å². The fourth-order valence-electron chi connectivity index (χ4n) is 2.50. The second-order valence-corrected chi connectivity index (χ2v) is 8.33. The normalized spacial score (nSPS) is 13.6. The van der Waals surface area contributed by atoms with Crippen molar-refractivity contribution in [2.75, 3.05) is 13.2 Å². The fourth-order valence-corrected chi connectivity index (χ4v) is 2.69. The van der Waals surface area contributed by atoms with Crippen LogP contribution in [-0.4, -0.2) is 42.9 Å². The first kappa shape index (κ1) is 26.9. The molecule has 0 radical (unpaired) electrons. The molecule has 0 aliphatic carbocycles. The molecule has 2 atom stereocenters. The minimum Gasteiger partial charge on any atom is -0.497 e. The van der Waals surface area contributed by atoms with Gasteiger partial charge < -0.3 is 25.7 Å². The maximum Gasteiger partial charge on any atom is 0.338 e. The van der Waals surface area contributed by atoms with Gasteiger partial charge in [0.15, 0.2) is 6.17 Å². The highest BCUT2D eigenvalue weighted by atomic mass is 35.5. The van der Waals surface area contributed by atoms with Crippen LogP contribution in [0.4, 0.5) is 0 Å². The Balaban J connectivity index is 2.51. The van der Waals surface area contributed by atoms with Gasteiger partial charge in [0.1, 0.15) is 24.9 Å². The number of halogens is 1. The minimum absolute atomic E-state index is 0.0120. The van der Waals surface area contributed by atoms with Crippen LogP contribution in [0.3, 0.4) is 0 Å². The van der Waals surface area contributed by atoms with E-state index in [1.54, 1.807) is 32.9 Å². The van der Waals surface area contributed by atoms with Gasteiger partial charge in [-0.15, -0.1) is 0 Å². The van der Waals surface area contributed by atoms with Crippen LogP contribution in [0.15, 0.2) is 36.6 Å². The van der Waals surface area contributed by atoms with Crippen LogP contribution >= 0.6 is 11.6 Å². The second kappa shape index (κ2) is 14.0. The molecule has 0 aromatic heterocycles. The Bertz CT molecular complexity index is 721. The third-order valence-electron chi connectivity index (χ3n) is 3.98. The lowest BCUT2D eigenvalue weighted by Gasteiger charge is -2.25. The maximum atomic E-state index is 12.5. The van der Waals surface area contributed by atoms with Crippen LogP contribution in [0.2, 0.25) is 5.02 Å². The molecule has 0 aliphatic rings. The van der Waals surface area contributed by atoms with E-state index >= 15 is 0 Å². The molecule has 1 aromatic rings. The van der Waals surface area contributed by atoms with Crippen molar-refractivity contribution in [3.05, 3.63) is 47.2 Å². The average molecular weight is 456 g/mol. The van der Waals surface area contributed by atoms with Gasteiger partial charge in [-0.3, -0.25) is 10.1 Å². The Kier molecular flexibility index (Phi) is 12.2. The summed E-state index contributed by atoms with van der Waals surface area (Å²) in [6, 6.07) is 6.60. The molecular formula is C22H34ClN3O5. The zero-order chi connectivity index (χ0) is 23.3. The van der Waals surface area contributed by atoms with Crippen LogP contribution in [0, 0.1) is 0 Å². The van der Waals surface area contributed by atoms with Gasteiger partial charge in [-0.05, 0) is 52.3 Å². The SMILES string of the molecule is CC(C)(C)OC(=O)C(N)N[C@@H](CCCCN)C(=O)OCC=COCc1ccccc1Cl. The summed E-state index contributed by atoms with van der Waals surface area (Å²) in [4.78, 5) is 24.6. The van der Waals surface area contributed by atoms with Crippen LogP contribution in [0.1, 0.15) is 45.6 Å². The summed E-state index contributed by atoms with van der Waals surface area (Å²) in [5, 5.41) is 3.42. The number of ether oxygens (including phenoxy) is 3. The summed E-state index contributed by atoms with van der Waals surface area (Å²) in [7, 11) is 0. The van der Waals surface area contributed by atoms with Crippen molar-refractivity contribution in [3.63, 3.8) is 0 Å². The highest BCUT2D eigenvalue weighted by molar-refractivity contribution is 6.31. The molecule has 0 saturated carbocycles. The molecule has 0 fully saturated rings. The summed E-state index contributed by atoms with van der Waals surface area (Å²) < 4.78 is 15.9. The van der Waals surface area contributed by atoms with Crippen LogP contribution in [0.25, 0.3) is 0 Å². The zero-order valence-electron chi connectivity index (χ0n) is 18.4. The summed E-state index contributed by atoms with van der Waals surface area (Å²) in [6.45, 7) is 6.04. The molecule has 174 valence electrons. The number of nitrogens with two attached hydrogens (primary N) is 2. The highest BCUT2D eigenvalue weighted by Crippen LogP contribution is 2.15. The van der Waals surface area contributed by atoms with E-state index in [-0.39, 0.29) is 6.61 Å². The van der Waals surface area contributed by atoms with Crippen LogP contribution < -0.4 is 16.8 Å². The number of carbonyl (C=O) groups excluding carboxylic acids is 2. The molecule has 0 saturated heterocycles. The number of hydrogen-bond donors (Lipinski definition) is 3. The number of hydrogen-bond acceptors (Lipinski definition) is 8. The van der Waals surface area contributed by atoms with Gasteiger partial charge in [-0.2, -0.15) is 0 Å². The van der Waals surface area contributed by atoms with Crippen molar-refractivity contribution in [1.29, 1.82) is 0 Å². The smallest absolute Gasteiger partial charge is 0.338 e. The lowest BCUT2D eigenvalue weighted by atomic mass is 10.1. The fraction of sp³-hybridized carbons (Fsp3) is 0.545. The van der Waals surface area contributed by atoms with Crippen LogP contribution in [-0.2, 0) is 30.4 Å². The molecule has 1 aromatic carbocycles. The predicted octanol–water partition coefficient (Wildman–Crippen LogP) is 2.63. The molecule has 1 rings (SSSR count). The van der Waals surface area contributed by atoms with Crippen molar-refractivity contribution in [2.45, 2.75) is 64.4 Å². The Morgan fingerprint density at radius 1 is 1.19 bits per heavy atom. The van der Waals surface area contributed by atoms with E-state index in [4.69, 9.17) is 37.3 Å². The van der Waals surface area contributed by atoms with Crippen molar-refractivity contribution in [2.24, 2.45) is 11.5 Å². The van der Waals surface area contributed by atoms with E-state index < -0.39 is 29.7 Å². The molecule has 0 spiro atoms. The first-order valence-corrected chi connectivity index (χ1v) is 10.6. The van der Waals surface area contributed by atoms with E-state index in [1.165, 1.54) is 6.26 Å². The molecule has 5 N–H and O–H groups in total. The number of benzene rings is 1. The van der Waals surface area contributed by atoms with Gasteiger partial charge in [0.2, 0.25) is 0 Å². The highest BCUT2D eigenvalue weighted by Gasteiger charge is 2.28. The van der Waals surface area contributed by atoms with Gasteiger partial charge in [0, 0.05) is 10.6 Å². The molecule has 9 heteroatoms. The monoisotopic (exact) mass is 455 g/mol. The summed E-state index contributed by atoms with van der Waals surface area (Å²) in [6.07, 6.45) is 3.71. The molecule has 0 heterocycles. The first-order chi connectivity index (χ1) is 14.6. The minimum atomic E-state index is -1.15. The quantitative estimate of drug-likeness (QED) is 0.179. The lowest BCUT2D eigenvalue weighted by Crippen LogP contribution is -2.54. The van der Waals surface area contributed by atoms with Gasteiger partial charge in [-0.25, -0.2) is 4.79 Å². The van der Waals surface area contributed by atoms with Crippen LogP contribution in [0.5, 0.6) is 0 Å². The zero-order valence-corrected chi connectivity index (χ0v) is 19.2. The number of esters is 2. The first-order valence-electron chi connectivity index (χ1n) is 10.2. The van der Waals surface area contributed by atoms with E-state index in [0.717, 1.165) is 12.0 Å². The Morgan fingerprint density at radius 2 is 1.90 bits per heavy atom. The second-order valence-electron chi connectivity index (χ2n) is 7.92. The average Bonchev–Trinajstić information content (AvgIpc) is 2.69. The van der Waals surface area contributed by atoms with E-state index in [0.29, 0.717) is 31.0 Å². The van der Waals surface area contributed by atoms with Crippen molar-refractivity contribution in [1.82, 2.24) is 5.32 Å². The molecule has 0 amide bonds. The van der Waals surface area contributed by atoms with Gasteiger partial charge >= 0.3 is 11.9 Å². The van der Waals surface area contributed by atoms with Gasteiger partial charge in [0.05, 0.1) is 6.26 Å². The third kappa shape index (κ3) is 11.7. The lowest BCUT2D eigenvalue weighted by molar-refractivity contribution is -0.158. The molecule has 31 heavy (non-hydrogen) atoms. The Morgan fingerprint density at radius 3 is 2.55 bits per heavy atom. The molecular weight excluding hydrogens is 422 g/mol. The van der Waals surface area contributed by atoms with E-state index in [2.05, 4.69) is 5.32 Å². The van der Waals surface area contributed by atoms with E-state index in [9.17, 15) is 9.59 Å². The van der Waals surface area contributed by atoms with E-state index in [1.807, 2.05) is 18.2 Å². The topological polar surface area (TPSA) is 126 Å². The van der Waals surface area contributed by atoms with Crippen molar-refractivity contribution in [3.8, 4) is 0 Å². The Labute approximate surface area is 189 Å².